The molecule has 0 radical (unpaired) electrons. The van der Waals surface area contributed by atoms with Crippen molar-refractivity contribution in [1.29, 1.82) is 0 Å². The molecule has 0 aromatic carbocycles. The van der Waals surface area contributed by atoms with Crippen LogP contribution in [0.1, 0.15) is 34.9 Å². The standard InChI is InChI=1S/C11H9ClN4OS/c12-9-4-13-7(3-14-9)10(17)16-11-15-8(5-18-11)6-1-2-6/h3-6H,1-2H2,(H,15,16,17). The van der Waals surface area contributed by atoms with Crippen LogP contribution >= 0.6 is 22.9 Å². The zero-order chi connectivity index (χ0) is 12.5. The van der Waals surface area contributed by atoms with Gasteiger partial charge < -0.3 is 0 Å². The van der Waals surface area contributed by atoms with E-state index in [4.69, 9.17) is 11.6 Å². The molecule has 0 bridgehead atoms. The highest BCUT2D eigenvalue weighted by molar-refractivity contribution is 7.14. The van der Waals surface area contributed by atoms with E-state index in [-0.39, 0.29) is 16.8 Å². The Kier molecular flexibility index (Phi) is 2.97. The fraction of sp³-hybridized carbons (Fsp3) is 0.273. The van der Waals surface area contributed by atoms with Crippen molar-refractivity contribution >= 4 is 34.0 Å². The van der Waals surface area contributed by atoms with Crippen molar-refractivity contribution in [2.24, 2.45) is 0 Å². The first-order chi connectivity index (χ1) is 8.72. The third kappa shape index (κ3) is 2.49. The van der Waals surface area contributed by atoms with Crippen molar-refractivity contribution in [3.63, 3.8) is 0 Å². The van der Waals surface area contributed by atoms with Gasteiger partial charge in [-0.25, -0.2) is 15.0 Å². The Bertz CT molecular complexity index is 579. The van der Waals surface area contributed by atoms with Crippen LogP contribution in [-0.2, 0) is 0 Å². The Morgan fingerprint density at radius 3 is 2.89 bits per heavy atom. The molecule has 1 saturated carbocycles. The molecule has 0 unspecified atom stereocenters. The lowest BCUT2D eigenvalue weighted by atomic mass is 10.3. The van der Waals surface area contributed by atoms with Crippen LogP contribution in [0, 0.1) is 0 Å². The van der Waals surface area contributed by atoms with Gasteiger partial charge in [-0.2, -0.15) is 0 Å². The highest BCUT2D eigenvalue weighted by Crippen LogP contribution is 2.40. The van der Waals surface area contributed by atoms with Crippen LogP contribution in [0.3, 0.4) is 0 Å². The molecule has 2 heterocycles. The number of hydrogen-bond donors (Lipinski definition) is 1. The predicted octanol–water partition coefficient (Wildman–Crippen LogP) is 2.72. The first-order valence-electron chi connectivity index (χ1n) is 5.46. The Hall–Kier alpha value is -1.53. The second-order valence-corrected chi connectivity index (χ2v) is 5.28. The number of carbonyl (C=O) groups excluding carboxylic acids is 1. The van der Waals surface area contributed by atoms with E-state index in [1.54, 1.807) is 0 Å². The van der Waals surface area contributed by atoms with Crippen LogP contribution in [-0.4, -0.2) is 20.9 Å². The maximum atomic E-state index is 11.8. The molecule has 0 atom stereocenters. The number of nitrogens with one attached hydrogen (secondary N) is 1. The summed E-state index contributed by atoms with van der Waals surface area (Å²) in [6.07, 6.45) is 5.07. The van der Waals surface area contributed by atoms with Crippen molar-refractivity contribution in [3.8, 4) is 0 Å². The van der Waals surface area contributed by atoms with E-state index in [2.05, 4.69) is 20.3 Å². The van der Waals surface area contributed by atoms with E-state index in [0.717, 1.165) is 5.69 Å². The highest BCUT2D eigenvalue weighted by Gasteiger charge is 2.26. The van der Waals surface area contributed by atoms with E-state index < -0.39 is 0 Å². The molecule has 1 amide bonds. The molecule has 1 N–H and O–H groups in total. The summed E-state index contributed by atoms with van der Waals surface area (Å²) < 4.78 is 0. The van der Waals surface area contributed by atoms with Gasteiger partial charge in [-0.05, 0) is 12.8 Å². The van der Waals surface area contributed by atoms with Gasteiger partial charge in [0, 0.05) is 11.3 Å². The van der Waals surface area contributed by atoms with Crippen LogP contribution in [0.15, 0.2) is 17.8 Å². The predicted molar refractivity (Wildman–Crippen MR) is 69.1 cm³/mol. The van der Waals surface area contributed by atoms with Crippen molar-refractivity contribution in [3.05, 3.63) is 34.3 Å². The van der Waals surface area contributed by atoms with Crippen molar-refractivity contribution < 1.29 is 4.79 Å². The van der Waals surface area contributed by atoms with Gasteiger partial charge in [0.15, 0.2) is 5.13 Å². The maximum Gasteiger partial charge on any atom is 0.277 e. The van der Waals surface area contributed by atoms with Crippen LogP contribution in [0.4, 0.5) is 5.13 Å². The Morgan fingerprint density at radius 1 is 1.39 bits per heavy atom. The summed E-state index contributed by atoms with van der Waals surface area (Å²) in [5.74, 6) is 0.262. The minimum Gasteiger partial charge on any atom is -0.296 e. The highest BCUT2D eigenvalue weighted by atomic mass is 35.5. The fourth-order valence-electron chi connectivity index (χ4n) is 1.50. The Balaban J connectivity index is 1.70. The summed E-state index contributed by atoms with van der Waals surface area (Å²) in [4.78, 5) is 23.9. The lowest BCUT2D eigenvalue weighted by Crippen LogP contribution is -2.13. The average molecular weight is 281 g/mol. The molecule has 5 nitrogen and oxygen atoms in total. The van der Waals surface area contributed by atoms with Crippen molar-refractivity contribution in [1.82, 2.24) is 15.0 Å². The maximum absolute atomic E-state index is 11.8. The lowest BCUT2D eigenvalue weighted by Gasteiger charge is -1.99. The number of rotatable bonds is 3. The van der Waals surface area contributed by atoms with Gasteiger partial charge in [-0.15, -0.1) is 11.3 Å². The summed E-state index contributed by atoms with van der Waals surface area (Å²) in [5, 5.41) is 5.55. The first kappa shape index (κ1) is 11.6. The topological polar surface area (TPSA) is 67.8 Å². The fourth-order valence-corrected chi connectivity index (χ4v) is 2.39. The van der Waals surface area contributed by atoms with E-state index in [1.165, 1.54) is 36.6 Å². The zero-order valence-electron chi connectivity index (χ0n) is 9.26. The molecule has 3 rings (SSSR count). The van der Waals surface area contributed by atoms with Crippen molar-refractivity contribution in [2.45, 2.75) is 18.8 Å². The third-order valence-corrected chi connectivity index (χ3v) is 3.56. The molecule has 1 fully saturated rings. The normalized spacial score (nSPS) is 14.5. The van der Waals surface area contributed by atoms with Gasteiger partial charge in [0.2, 0.25) is 0 Å². The number of amides is 1. The van der Waals surface area contributed by atoms with Gasteiger partial charge in [0.1, 0.15) is 10.8 Å². The summed E-state index contributed by atoms with van der Waals surface area (Å²) in [7, 11) is 0. The summed E-state index contributed by atoms with van der Waals surface area (Å²) in [6.45, 7) is 0. The molecule has 0 saturated heterocycles. The number of anilines is 1. The van der Waals surface area contributed by atoms with Gasteiger partial charge in [0.25, 0.3) is 5.91 Å². The van der Waals surface area contributed by atoms with E-state index in [1.807, 2.05) is 5.38 Å². The van der Waals surface area contributed by atoms with Gasteiger partial charge in [-0.1, -0.05) is 11.6 Å². The molecule has 0 aliphatic heterocycles. The number of thiazole rings is 1. The number of hydrogen-bond acceptors (Lipinski definition) is 5. The molecule has 92 valence electrons. The van der Waals surface area contributed by atoms with Gasteiger partial charge in [-0.3, -0.25) is 10.1 Å². The SMILES string of the molecule is O=C(Nc1nc(C2CC2)cs1)c1cnc(Cl)cn1. The lowest BCUT2D eigenvalue weighted by molar-refractivity contribution is 0.102. The Morgan fingerprint density at radius 2 is 2.22 bits per heavy atom. The number of halogens is 1. The number of carbonyl (C=O) groups is 1. The minimum atomic E-state index is -0.323. The summed E-state index contributed by atoms with van der Waals surface area (Å²) in [6, 6.07) is 0. The number of aromatic nitrogens is 3. The molecule has 1 aliphatic carbocycles. The molecule has 7 heteroatoms. The van der Waals surface area contributed by atoms with Gasteiger partial charge in [0.05, 0.1) is 18.1 Å². The minimum absolute atomic E-state index is 0.225. The molecule has 0 spiro atoms. The molecule has 1 aliphatic rings. The molecule has 18 heavy (non-hydrogen) atoms. The zero-order valence-corrected chi connectivity index (χ0v) is 10.8. The molecule has 2 aromatic rings. The van der Waals surface area contributed by atoms with Crippen LogP contribution in [0.25, 0.3) is 0 Å². The second kappa shape index (κ2) is 4.62. The summed E-state index contributed by atoms with van der Waals surface area (Å²) in [5.41, 5.74) is 1.29. The number of nitrogens with zero attached hydrogens (tertiary/aromatic N) is 3. The first-order valence-corrected chi connectivity index (χ1v) is 6.72. The average Bonchev–Trinajstić information content (AvgIpc) is 3.11. The third-order valence-electron chi connectivity index (χ3n) is 2.59. The van der Waals surface area contributed by atoms with Crippen molar-refractivity contribution in [2.75, 3.05) is 5.32 Å². The monoisotopic (exact) mass is 280 g/mol. The van der Waals surface area contributed by atoms with Crippen LogP contribution in [0.2, 0.25) is 5.15 Å². The molecular weight excluding hydrogens is 272 g/mol. The van der Waals surface area contributed by atoms with E-state index >= 15 is 0 Å². The molecular formula is C11H9ClN4OS. The molecule has 2 aromatic heterocycles. The quantitative estimate of drug-likeness (QED) is 0.939. The van der Waals surface area contributed by atoms with Gasteiger partial charge >= 0.3 is 0 Å². The smallest absolute Gasteiger partial charge is 0.277 e. The largest absolute Gasteiger partial charge is 0.296 e. The van der Waals surface area contributed by atoms with Crippen LogP contribution < -0.4 is 5.32 Å². The Labute approximate surface area is 112 Å². The van der Waals surface area contributed by atoms with Crippen LogP contribution in [0.5, 0.6) is 0 Å². The summed E-state index contributed by atoms with van der Waals surface area (Å²) >= 11 is 7.03. The second-order valence-electron chi connectivity index (χ2n) is 4.03. The van der Waals surface area contributed by atoms with E-state index in [9.17, 15) is 4.79 Å². The van der Waals surface area contributed by atoms with E-state index in [0.29, 0.717) is 11.0 Å².